The highest BCUT2D eigenvalue weighted by Gasteiger charge is 2.32. The van der Waals surface area contributed by atoms with Crippen LogP contribution >= 0.6 is 0 Å². The summed E-state index contributed by atoms with van der Waals surface area (Å²) in [5, 5.41) is 0. The van der Waals surface area contributed by atoms with Crippen molar-refractivity contribution in [3.63, 3.8) is 0 Å². The Balaban J connectivity index is 2.44. The van der Waals surface area contributed by atoms with Gasteiger partial charge in [0.25, 0.3) is 10.2 Å². The third kappa shape index (κ3) is 2.42. The Bertz CT molecular complexity index is 251. The molecule has 0 atom stereocenters. The van der Waals surface area contributed by atoms with Crippen molar-refractivity contribution in [1.82, 2.24) is 8.61 Å². The molecular weight excluding hydrogens is 188 g/mol. The summed E-state index contributed by atoms with van der Waals surface area (Å²) in [6.45, 7) is 4.09. The van der Waals surface area contributed by atoms with Crippen LogP contribution in [-0.2, 0) is 10.2 Å². The van der Waals surface area contributed by atoms with E-state index in [4.69, 9.17) is 0 Å². The van der Waals surface area contributed by atoms with Crippen molar-refractivity contribution >= 4 is 10.2 Å². The first-order valence-corrected chi connectivity index (χ1v) is 6.20. The van der Waals surface area contributed by atoms with E-state index >= 15 is 0 Å². The molecule has 0 aliphatic carbocycles. The average Bonchev–Trinajstić information content (AvgIpc) is 2.32. The molecule has 0 radical (unpaired) electrons. The van der Waals surface area contributed by atoms with E-state index in [1.165, 1.54) is 4.31 Å². The van der Waals surface area contributed by atoms with E-state index < -0.39 is 10.2 Å². The van der Waals surface area contributed by atoms with Crippen molar-refractivity contribution in [2.75, 3.05) is 26.7 Å². The Morgan fingerprint density at radius 1 is 1.23 bits per heavy atom. The smallest absolute Gasteiger partial charge is 0.195 e. The van der Waals surface area contributed by atoms with Gasteiger partial charge in [0.15, 0.2) is 0 Å². The predicted octanol–water partition coefficient (Wildman–Crippen LogP) is 0.669. The normalized spacial score (nSPS) is 23.8. The van der Waals surface area contributed by atoms with E-state index in [2.05, 4.69) is 6.92 Å². The van der Waals surface area contributed by atoms with Crippen LogP contribution < -0.4 is 0 Å². The zero-order chi connectivity index (χ0) is 9.90. The number of likely N-dealkylation sites (N-methyl/N-ethyl adjacent to an activating group) is 1. The van der Waals surface area contributed by atoms with Crippen LogP contribution in [0.4, 0.5) is 0 Å². The average molecular weight is 206 g/mol. The number of hydrogen-bond donors (Lipinski definition) is 0. The minimum absolute atomic E-state index is 0.633. The summed E-state index contributed by atoms with van der Waals surface area (Å²) in [4.78, 5) is 0. The van der Waals surface area contributed by atoms with Gasteiger partial charge in [-0.3, -0.25) is 0 Å². The van der Waals surface area contributed by atoms with Gasteiger partial charge in [0.05, 0.1) is 0 Å². The van der Waals surface area contributed by atoms with Gasteiger partial charge in [-0.05, 0) is 6.42 Å². The zero-order valence-electron chi connectivity index (χ0n) is 8.36. The van der Waals surface area contributed by atoms with Gasteiger partial charge in [-0.2, -0.15) is 17.0 Å². The van der Waals surface area contributed by atoms with Gasteiger partial charge in [-0.25, -0.2) is 0 Å². The monoisotopic (exact) mass is 206 g/mol. The molecule has 0 aromatic heterocycles. The summed E-state index contributed by atoms with van der Waals surface area (Å²) in [5.74, 6) is 0. The van der Waals surface area contributed by atoms with Gasteiger partial charge in [-0.1, -0.05) is 19.8 Å². The summed E-state index contributed by atoms with van der Waals surface area (Å²) in [7, 11) is -1.45. The third-order valence-corrected chi connectivity index (χ3v) is 4.38. The van der Waals surface area contributed by atoms with E-state index in [0.717, 1.165) is 19.3 Å². The minimum Gasteiger partial charge on any atom is -0.195 e. The van der Waals surface area contributed by atoms with E-state index in [-0.39, 0.29) is 0 Å². The maximum atomic E-state index is 11.5. The lowest BCUT2D eigenvalue weighted by Crippen LogP contribution is -2.31. The Hall–Kier alpha value is -0.130. The summed E-state index contributed by atoms with van der Waals surface area (Å²) >= 11 is 0. The first-order valence-electron chi connectivity index (χ1n) is 4.80. The lowest BCUT2D eigenvalue weighted by Gasteiger charge is -2.14. The van der Waals surface area contributed by atoms with Crippen LogP contribution in [0.1, 0.15) is 26.2 Å². The molecule has 4 nitrogen and oxygen atoms in total. The Kier molecular flexibility index (Phi) is 3.70. The Morgan fingerprint density at radius 2 is 1.92 bits per heavy atom. The second kappa shape index (κ2) is 4.39. The van der Waals surface area contributed by atoms with E-state index in [0.29, 0.717) is 19.6 Å². The second-order valence-corrected chi connectivity index (χ2v) is 5.47. The van der Waals surface area contributed by atoms with Gasteiger partial charge in [0.1, 0.15) is 0 Å². The second-order valence-electron chi connectivity index (χ2n) is 3.44. The molecule has 1 fully saturated rings. The highest BCUT2D eigenvalue weighted by molar-refractivity contribution is 7.87. The summed E-state index contributed by atoms with van der Waals surface area (Å²) in [6, 6.07) is 0. The molecule has 0 bridgehead atoms. The molecule has 13 heavy (non-hydrogen) atoms. The quantitative estimate of drug-likeness (QED) is 0.634. The van der Waals surface area contributed by atoms with Crippen LogP contribution in [-0.4, -0.2) is 43.7 Å². The number of hydrogen-bond acceptors (Lipinski definition) is 2. The first-order chi connectivity index (χ1) is 6.09. The summed E-state index contributed by atoms with van der Waals surface area (Å²) in [6.07, 6.45) is 3.21. The molecule has 0 aromatic rings. The van der Waals surface area contributed by atoms with Gasteiger partial charge in [-0.15, -0.1) is 0 Å². The number of rotatable bonds is 4. The largest absolute Gasteiger partial charge is 0.281 e. The highest BCUT2D eigenvalue weighted by atomic mass is 32.2. The molecular formula is C8H18N2O2S. The molecule has 0 amide bonds. The van der Waals surface area contributed by atoms with Crippen molar-refractivity contribution in [2.45, 2.75) is 26.2 Å². The van der Waals surface area contributed by atoms with E-state index in [9.17, 15) is 8.42 Å². The fourth-order valence-corrected chi connectivity index (χ4v) is 2.82. The maximum absolute atomic E-state index is 11.5. The van der Waals surface area contributed by atoms with Crippen LogP contribution in [0.2, 0.25) is 0 Å². The summed E-state index contributed by atoms with van der Waals surface area (Å²) < 4.78 is 26.1. The van der Waals surface area contributed by atoms with E-state index in [1.54, 1.807) is 11.4 Å². The zero-order valence-corrected chi connectivity index (χ0v) is 9.18. The molecule has 1 saturated heterocycles. The fraction of sp³-hybridized carbons (Fsp3) is 1.00. The summed E-state index contributed by atoms with van der Waals surface area (Å²) in [5.41, 5.74) is 0. The standard InChI is InChI=1S/C8H18N2O2S/c1-3-4-5-6-10-8-7-9(2)13(10,11)12/h3-8H2,1-2H3. The Morgan fingerprint density at radius 3 is 2.38 bits per heavy atom. The van der Waals surface area contributed by atoms with E-state index in [1.807, 2.05) is 0 Å². The first kappa shape index (κ1) is 10.9. The maximum Gasteiger partial charge on any atom is 0.281 e. The van der Waals surface area contributed by atoms with Crippen molar-refractivity contribution in [1.29, 1.82) is 0 Å². The lowest BCUT2D eigenvalue weighted by atomic mass is 10.2. The van der Waals surface area contributed by atoms with Crippen LogP contribution in [0, 0.1) is 0 Å². The number of unbranched alkanes of at least 4 members (excludes halogenated alkanes) is 2. The van der Waals surface area contributed by atoms with Crippen LogP contribution in [0.25, 0.3) is 0 Å². The molecule has 1 rings (SSSR count). The third-order valence-electron chi connectivity index (χ3n) is 2.40. The molecule has 0 saturated carbocycles. The minimum atomic E-state index is -3.08. The topological polar surface area (TPSA) is 40.6 Å². The highest BCUT2D eigenvalue weighted by Crippen LogP contribution is 2.14. The molecule has 5 heteroatoms. The predicted molar refractivity (Wildman–Crippen MR) is 52.6 cm³/mol. The van der Waals surface area contributed by atoms with Crippen molar-refractivity contribution in [2.24, 2.45) is 0 Å². The van der Waals surface area contributed by atoms with Gasteiger partial charge >= 0.3 is 0 Å². The molecule has 1 heterocycles. The molecule has 0 N–H and O–H groups in total. The molecule has 1 aliphatic rings. The molecule has 0 spiro atoms. The van der Waals surface area contributed by atoms with Gasteiger partial charge < -0.3 is 0 Å². The molecule has 0 aromatic carbocycles. The van der Waals surface area contributed by atoms with Crippen LogP contribution in [0.5, 0.6) is 0 Å². The van der Waals surface area contributed by atoms with Crippen molar-refractivity contribution in [3.8, 4) is 0 Å². The van der Waals surface area contributed by atoms with Gasteiger partial charge in [0, 0.05) is 26.7 Å². The van der Waals surface area contributed by atoms with Crippen LogP contribution in [0.3, 0.4) is 0 Å². The van der Waals surface area contributed by atoms with Crippen LogP contribution in [0.15, 0.2) is 0 Å². The van der Waals surface area contributed by atoms with Crippen molar-refractivity contribution < 1.29 is 8.42 Å². The molecule has 0 unspecified atom stereocenters. The van der Waals surface area contributed by atoms with Crippen molar-refractivity contribution in [3.05, 3.63) is 0 Å². The van der Waals surface area contributed by atoms with Gasteiger partial charge in [0.2, 0.25) is 0 Å². The lowest BCUT2D eigenvalue weighted by molar-refractivity contribution is 0.434. The molecule has 78 valence electrons. The number of nitrogens with zero attached hydrogens (tertiary/aromatic N) is 2. The SMILES string of the molecule is CCCCCN1CCN(C)S1(=O)=O. The fourth-order valence-electron chi connectivity index (χ4n) is 1.45. The Labute approximate surface area is 80.7 Å². The molecule has 1 aliphatic heterocycles.